The number of carboxylic acid groups (broad SMARTS) is 1. The van der Waals surface area contributed by atoms with E-state index in [0.717, 1.165) is 16.7 Å². The number of aromatic carboxylic acids is 1. The first-order valence-corrected chi connectivity index (χ1v) is 6.20. The number of carbonyl (C=O) groups excluding carboxylic acids is 1. The Bertz CT molecular complexity index is 677. The fourth-order valence-electron chi connectivity index (χ4n) is 2.09. The highest BCUT2D eigenvalue weighted by Crippen LogP contribution is 2.28. The van der Waals surface area contributed by atoms with E-state index >= 15 is 0 Å². The third-order valence-corrected chi connectivity index (χ3v) is 3.02. The molecule has 0 aliphatic heterocycles. The molecule has 2 aromatic carbocycles. The van der Waals surface area contributed by atoms with E-state index in [-0.39, 0.29) is 11.5 Å². The van der Waals surface area contributed by atoms with Gasteiger partial charge in [0, 0.05) is 6.92 Å². The first kappa shape index (κ1) is 13.8. The molecule has 2 rings (SSSR count). The third-order valence-electron chi connectivity index (χ3n) is 3.02. The predicted octanol–water partition coefficient (Wildman–Crippen LogP) is 3.32. The van der Waals surface area contributed by atoms with E-state index in [4.69, 9.17) is 5.11 Å². The molecule has 0 spiro atoms. The number of rotatable bonds is 3. The summed E-state index contributed by atoms with van der Waals surface area (Å²) < 4.78 is 0. The van der Waals surface area contributed by atoms with Gasteiger partial charge in [0.1, 0.15) is 0 Å². The number of aryl methyl sites for hydroxylation is 1. The molecule has 4 heteroatoms. The summed E-state index contributed by atoms with van der Waals surface area (Å²) in [4.78, 5) is 22.4. The molecule has 2 N–H and O–H groups in total. The molecule has 1 amide bonds. The van der Waals surface area contributed by atoms with Crippen LogP contribution < -0.4 is 5.32 Å². The van der Waals surface area contributed by atoms with Crippen LogP contribution in [0.2, 0.25) is 0 Å². The molecule has 102 valence electrons. The van der Waals surface area contributed by atoms with E-state index in [0.29, 0.717) is 5.69 Å². The van der Waals surface area contributed by atoms with Crippen molar-refractivity contribution in [2.75, 3.05) is 5.32 Å². The first-order valence-electron chi connectivity index (χ1n) is 6.20. The average Bonchev–Trinajstić information content (AvgIpc) is 2.38. The van der Waals surface area contributed by atoms with Gasteiger partial charge < -0.3 is 10.4 Å². The lowest BCUT2D eigenvalue weighted by atomic mass is 9.98. The summed E-state index contributed by atoms with van der Waals surface area (Å²) in [6.45, 7) is 3.34. The molecule has 0 unspecified atom stereocenters. The zero-order valence-corrected chi connectivity index (χ0v) is 11.3. The van der Waals surface area contributed by atoms with Gasteiger partial charge in [0.25, 0.3) is 0 Å². The van der Waals surface area contributed by atoms with Crippen LogP contribution in [0.1, 0.15) is 22.8 Å². The summed E-state index contributed by atoms with van der Waals surface area (Å²) in [6.07, 6.45) is 0. The Balaban J connectivity index is 2.55. The Kier molecular flexibility index (Phi) is 3.84. The van der Waals surface area contributed by atoms with Gasteiger partial charge in [-0.1, -0.05) is 30.3 Å². The molecule has 0 fully saturated rings. The third kappa shape index (κ3) is 2.85. The second-order valence-corrected chi connectivity index (χ2v) is 4.56. The smallest absolute Gasteiger partial charge is 0.337 e. The van der Waals surface area contributed by atoms with E-state index in [1.54, 1.807) is 12.1 Å². The molecular formula is C16H15NO3. The molecule has 2 aromatic rings. The molecule has 0 heterocycles. The van der Waals surface area contributed by atoms with Crippen LogP contribution in [0.3, 0.4) is 0 Å². The lowest BCUT2D eigenvalue weighted by Crippen LogP contribution is -2.10. The summed E-state index contributed by atoms with van der Waals surface area (Å²) in [5.41, 5.74) is 3.36. The van der Waals surface area contributed by atoms with Gasteiger partial charge in [0.15, 0.2) is 0 Å². The van der Waals surface area contributed by atoms with E-state index in [9.17, 15) is 9.59 Å². The van der Waals surface area contributed by atoms with Crippen molar-refractivity contribution >= 4 is 17.6 Å². The van der Waals surface area contributed by atoms with E-state index in [1.807, 2.05) is 31.2 Å². The largest absolute Gasteiger partial charge is 0.478 e. The van der Waals surface area contributed by atoms with Gasteiger partial charge in [-0.15, -0.1) is 0 Å². The molecule has 0 aromatic heterocycles. The summed E-state index contributed by atoms with van der Waals surface area (Å²) in [7, 11) is 0. The van der Waals surface area contributed by atoms with Crippen LogP contribution in [0.4, 0.5) is 5.69 Å². The summed E-state index contributed by atoms with van der Waals surface area (Å²) in [5.74, 6) is -1.36. The van der Waals surface area contributed by atoms with Crippen molar-refractivity contribution in [1.29, 1.82) is 0 Å². The summed E-state index contributed by atoms with van der Waals surface area (Å²) in [5, 5.41) is 11.7. The number of carboxylic acids is 1. The summed E-state index contributed by atoms with van der Waals surface area (Å²) >= 11 is 0. The lowest BCUT2D eigenvalue weighted by molar-refractivity contribution is -0.114. The van der Waals surface area contributed by atoms with E-state index in [1.165, 1.54) is 13.0 Å². The second-order valence-electron chi connectivity index (χ2n) is 4.56. The Morgan fingerprint density at radius 3 is 2.40 bits per heavy atom. The van der Waals surface area contributed by atoms with Crippen LogP contribution in [-0.4, -0.2) is 17.0 Å². The van der Waals surface area contributed by atoms with Crippen molar-refractivity contribution in [3.05, 3.63) is 53.6 Å². The minimum Gasteiger partial charge on any atom is -0.478 e. The quantitative estimate of drug-likeness (QED) is 0.898. The molecule has 4 nitrogen and oxygen atoms in total. The fourth-order valence-corrected chi connectivity index (χ4v) is 2.09. The Morgan fingerprint density at radius 2 is 1.80 bits per heavy atom. The molecular weight excluding hydrogens is 254 g/mol. The maximum Gasteiger partial charge on any atom is 0.337 e. The molecule has 0 saturated carbocycles. The van der Waals surface area contributed by atoms with Gasteiger partial charge in [0.2, 0.25) is 5.91 Å². The van der Waals surface area contributed by atoms with E-state index in [2.05, 4.69) is 5.32 Å². The lowest BCUT2D eigenvalue weighted by Gasteiger charge is -2.11. The van der Waals surface area contributed by atoms with Crippen LogP contribution in [0.25, 0.3) is 11.1 Å². The topological polar surface area (TPSA) is 66.4 Å². The van der Waals surface area contributed by atoms with Crippen LogP contribution in [-0.2, 0) is 4.79 Å². The van der Waals surface area contributed by atoms with Crippen molar-refractivity contribution in [2.24, 2.45) is 0 Å². The number of carbonyl (C=O) groups is 2. The average molecular weight is 269 g/mol. The number of hydrogen-bond acceptors (Lipinski definition) is 2. The predicted molar refractivity (Wildman–Crippen MR) is 77.9 cm³/mol. The molecule has 0 atom stereocenters. The number of nitrogens with one attached hydrogen (secondary N) is 1. The summed E-state index contributed by atoms with van der Waals surface area (Å²) in [6, 6.07) is 12.8. The van der Waals surface area contributed by atoms with Crippen molar-refractivity contribution in [3.63, 3.8) is 0 Å². The van der Waals surface area contributed by atoms with E-state index < -0.39 is 5.97 Å². The fraction of sp³-hybridized carbons (Fsp3) is 0.125. The maximum atomic E-state index is 11.2. The maximum absolute atomic E-state index is 11.2. The minimum atomic E-state index is -1.06. The zero-order valence-electron chi connectivity index (χ0n) is 11.3. The molecule has 20 heavy (non-hydrogen) atoms. The van der Waals surface area contributed by atoms with Gasteiger partial charge in [-0.3, -0.25) is 4.79 Å². The SMILES string of the molecule is CC(=O)Nc1cc(-c2ccccc2C)ccc1C(=O)O. The van der Waals surface area contributed by atoms with Gasteiger partial charge in [-0.05, 0) is 35.7 Å². The van der Waals surface area contributed by atoms with Crippen LogP contribution in [0.15, 0.2) is 42.5 Å². The second kappa shape index (κ2) is 5.57. The first-order chi connectivity index (χ1) is 9.49. The highest BCUT2D eigenvalue weighted by Gasteiger charge is 2.13. The molecule has 0 saturated heterocycles. The molecule has 0 radical (unpaired) electrons. The standard InChI is InChI=1S/C16H15NO3/c1-10-5-3-4-6-13(10)12-7-8-14(16(19)20)15(9-12)17-11(2)18/h3-9H,1-2H3,(H,17,18)(H,19,20). The molecule has 0 bridgehead atoms. The molecule has 0 aliphatic rings. The van der Waals surface area contributed by atoms with Crippen molar-refractivity contribution in [2.45, 2.75) is 13.8 Å². The Morgan fingerprint density at radius 1 is 1.10 bits per heavy atom. The number of amides is 1. The zero-order chi connectivity index (χ0) is 14.7. The Hall–Kier alpha value is -2.62. The van der Waals surface area contributed by atoms with Crippen molar-refractivity contribution in [1.82, 2.24) is 0 Å². The van der Waals surface area contributed by atoms with Crippen LogP contribution >= 0.6 is 0 Å². The van der Waals surface area contributed by atoms with Gasteiger partial charge >= 0.3 is 5.97 Å². The van der Waals surface area contributed by atoms with Crippen molar-refractivity contribution < 1.29 is 14.7 Å². The Labute approximate surface area is 117 Å². The number of anilines is 1. The van der Waals surface area contributed by atoms with Gasteiger partial charge in [-0.2, -0.15) is 0 Å². The van der Waals surface area contributed by atoms with Crippen molar-refractivity contribution in [3.8, 4) is 11.1 Å². The monoisotopic (exact) mass is 269 g/mol. The van der Waals surface area contributed by atoms with Crippen LogP contribution in [0.5, 0.6) is 0 Å². The molecule has 0 aliphatic carbocycles. The van der Waals surface area contributed by atoms with Gasteiger partial charge in [0.05, 0.1) is 11.3 Å². The highest BCUT2D eigenvalue weighted by atomic mass is 16.4. The minimum absolute atomic E-state index is 0.0811. The highest BCUT2D eigenvalue weighted by molar-refractivity contribution is 6.01. The number of hydrogen-bond donors (Lipinski definition) is 2. The normalized spacial score (nSPS) is 10.1. The number of benzene rings is 2. The van der Waals surface area contributed by atoms with Crippen LogP contribution in [0, 0.1) is 6.92 Å². The van der Waals surface area contributed by atoms with Gasteiger partial charge in [-0.25, -0.2) is 4.79 Å².